The molecule has 0 unspecified atom stereocenters. The van der Waals surface area contributed by atoms with Gasteiger partial charge in [-0.1, -0.05) is 55.2 Å². The third kappa shape index (κ3) is 5.51. The predicted octanol–water partition coefficient (Wildman–Crippen LogP) is 5.83. The number of benzene rings is 3. The number of nitrogens with zero attached hydrogens (tertiary/aromatic N) is 1. The first-order chi connectivity index (χ1) is 17.4. The Hall–Kier alpha value is -3.33. The molecule has 0 amide bonds. The molecular weight excluding hydrogens is 535 g/mol. The number of carbonyl (C=O) groups is 2. The highest BCUT2D eigenvalue weighted by atomic mass is 35.5. The van der Waals surface area contributed by atoms with Crippen LogP contribution in [0.25, 0.3) is 0 Å². The number of carbonyl (C=O) groups excluding carboxylic acids is 2. The van der Waals surface area contributed by atoms with Crippen molar-refractivity contribution >= 4 is 56.4 Å². The van der Waals surface area contributed by atoms with Crippen molar-refractivity contribution in [3.63, 3.8) is 0 Å². The van der Waals surface area contributed by atoms with Gasteiger partial charge in [-0.2, -0.15) is 0 Å². The summed E-state index contributed by atoms with van der Waals surface area (Å²) >= 11 is 11.8. The van der Waals surface area contributed by atoms with E-state index in [1.54, 1.807) is 0 Å². The van der Waals surface area contributed by atoms with E-state index < -0.39 is 22.6 Å². The fourth-order valence-corrected chi connectivity index (χ4v) is 5.65. The summed E-state index contributed by atoms with van der Waals surface area (Å²) in [7, 11) is -2.02. The van der Waals surface area contributed by atoms with Crippen LogP contribution in [0.4, 0.5) is 11.4 Å². The lowest BCUT2D eigenvalue weighted by Gasteiger charge is -2.23. The zero-order valence-corrected chi connectivity index (χ0v) is 22.6. The first kappa shape index (κ1) is 26.7. The number of para-hydroxylation sites is 1. The second-order valence-corrected chi connectivity index (χ2v) is 11.5. The van der Waals surface area contributed by atoms with Crippen molar-refractivity contribution < 1.29 is 22.7 Å². The molecule has 7 nitrogen and oxygen atoms in total. The minimum absolute atomic E-state index is 0.0581. The van der Waals surface area contributed by atoms with Crippen LogP contribution in [-0.2, 0) is 25.0 Å². The highest BCUT2D eigenvalue weighted by Gasteiger charge is 2.38. The summed E-state index contributed by atoms with van der Waals surface area (Å²) in [6.45, 7) is 3.66. The van der Waals surface area contributed by atoms with Crippen molar-refractivity contribution in [2.24, 2.45) is 0 Å². The van der Waals surface area contributed by atoms with Crippen LogP contribution in [-0.4, -0.2) is 33.8 Å². The molecular formula is C27H24Cl2N2O5S. The van der Waals surface area contributed by atoms with Gasteiger partial charge in [0.05, 0.1) is 20.5 Å². The van der Waals surface area contributed by atoms with Crippen LogP contribution in [0.5, 0.6) is 0 Å². The Balaban J connectivity index is 1.38. The molecule has 10 heteroatoms. The van der Waals surface area contributed by atoms with Gasteiger partial charge in [0.25, 0.3) is 10.0 Å². The maximum absolute atomic E-state index is 12.6. The maximum Gasteiger partial charge on any atom is 0.338 e. The van der Waals surface area contributed by atoms with Crippen molar-refractivity contribution in [1.82, 2.24) is 0 Å². The number of anilines is 2. The Morgan fingerprint density at radius 2 is 1.68 bits per heavy atom. The van der Waals surface area contributed by atoms with Gasteiger partial charge in [-0.25, -0.2) is 13.2 Å². The fraction of sp³-hybridized carbons (Fsp3) is 0.185. The van der Waals surface area contributed by atoms with Crippen molar-refractivity contribution in [2.45, 2.75) is 24.2 Å². The van der Waals surface area contributed by atoms with E-state index in [1.807, 2.05) is 50.1 Å². The molecule has 0 spiro atoms. The summed E-state index contributed by atoms with van der Waals surface area (Å²) in [5, 5.41) is 0.350. The molecule has 0 saturated carbocycles. The zero-order chi connectivity index (χ0) is 27.0. The van der Waals surface area contributed by atoms with Crippen LogP contribution < -0.4 is 9.62 Å². The summed E-state index contributed by atoms with van der Waals surface area (Å²) in [5.41, 5.74) is 2.99. The number of ether oxygens (including phenoxy) is 1. The molecule has 1 heterocycles. The summed E-state index contributed by atoms with van der Waals surface area (Å²) in [4.78, 5) is 27.0. The van der Waals surface area contributed by atoms with E-state index in [0.29, 0.717) is 0 Å². The van der Waals surface area contributed by atoms with Gasteiger partial charge in [-0.05, 0) is 54.1 Å². The van der Waals surface area contributed by atoms with Gasteiger partial charge in [-0.15, -0.1) is 0 Å². The average Bonchev–Trinajstić information content (AvgIpc) is 3.05. The van der Waals surface area contributed by atoms with Gasteiger partial charge in [0.15, 0.2) is 12.4 Å². The van der Waals surface area contributed by atoms with E-state index >= 15 is 0 Å². The molecule has 1 aliphatic rings. The molecule has 1 aliphatic heterocycles. The van der Waals surface area contributed by atoms with Gasteiger partial charge < -0.3 is 9.64 Å². The van der Waals surface area contributed by atoms with E-state index in [1.165, 1.54) is 48.5 Å². The third-order valence-electron chi connectivity index (χ3n) is 6.16. The lowest BCUT2D eigenvalue weighted by atomic mass is 9.83. The highest BCUT2D eigenvalue weighted by molar-refractivity contribution is 7.92. The molecule has 4 rings (SSSR count). The summed E-state index contributed by atoms with van der Waals surface area (Å²) in [5.74, 6) is -1.05. The van der Waals surface area contributed by atoms with E-state index in [4.69, 9.17) is 27.9 Å². The Bertz CT molecular complexity index is 1520. The van der Waals surface area contributed by atoms with Gasteiger partial charge >= 0.3 is 5.97 Å². The molecule has 1 N–H and O–H groups in total. The SMILES string of the molecule is CN1C(=CC(=O)COC(=O)c2ccc(NS(=O)(=O)c3ccc(Cl)c(Cl)c3)cc2)C(C)(C)c2ccccc21. The Labute approximate surface area is 225 Å². The third-order valence-corrected chi connectivity index (χ3v) is 8.28. The van der Waals surface area contributed by atoms with E-state index in [-0.39, 0.29) is 37.4 Å². The van der Waals surface area contributed by atoms with Crippen LogP contribution in [0, 0.1) is 0 Å². The Morgan fingerprint density at radius 1 is 1.00 bits per heavy atom. The van der Waals surface area contributed by atoms with Crippen molar-refractivity contribution in [3.05, 3.63) is 99.7 Å². The molecule has 192 valence electrons. The smallest absolute Gasteiger partial charge is 0.338 e. The van der Waals surface area contributed by atoms with Crippen LogP contribution in [0.15, 0.2) is 83.4 Å². The molecule has 0 saturated heterocycles. The average molecular weight is 559 g/mol. The van der Waals surface area contributed by atoms with Gasteiger partial charge in [-0.3, -0.25) is 9.52 Å². The quantitative estimate of drug-likeness (QED) is 0.289. The molecule has 0 fully saturated rings. The number of ketones is 1. The fourth-order valence-electron chi connectivity index (χ4n) is 4.21. The Kier molecular flexibility index (Phi) is 7.37. The molecule has 0 radical (unpaired) electrons. The van der Waals surface area contributed by atoms with Crippen LogP contribution in [0.2, 0.25) is 10.0 Å². The molecule has 3 aromatic rings. The number of fused-ring (bicyclic) bond motifs is 1. The molecule has 0 bridgehead atoms. The summed E-state index contributed by atoms with van der Waals surface area (Å²) in [6, 6.07) is 17.6. The predicted molar refractivity (Wildman–Crippen MR) is 145 cm³/mol. The number of halogens is 2. The van der Waals surface area contributed by atoms with Crippen LogP contribution >= 0.6 is 23.2 Å². The second-order valence-electron chi connectivity index (χ2n) is 9.03. The number of hydrogen-bond donors (Lipinski definition) is 1. The van der Waals surface area contributed by atoms with E-state index in [0.717, 1.165) is 16.9 Å². The Morgan fingerprint density at radius 3 is 2.32 bits per heavy atom. The minimum Gasteiger partial charge on any atom is -0.454 e. The second kappa shape index (κ2) is 10.2. The molecule has 0 aliphatic carbocycles. The first-order valence-corrected chi connectivity index (χ1v) is 13.5. The number of esters is 1. The highest BCUT2D eigenvalue weighted by Crippen LogP contribution is 2.46. The number of sulfonamides is 1. The monoisotopic (exact) mass is 558 g/mol. The van der Waals surface area contributed by atoms with Crippen molar-refractivity contribution in [2.75, 3.05) is 23.3 Å². The molecule has 3 aromatic carbocycles. The molecule has 37 heavy (non-hydrogen) atoms. The van der Waals surface area contributed by atoms with Gasteiger partial charge in [0, 0.05) is 35.6 Å². The van der Waals surface area contributed by atoms with E-state index in [9.17, 15) is 18.0 Å². The molecule has 0 atom stereocenters. The number of rotatable bonds is 7. The minimum atomic E-state index is -3.92. The largest absolute Gasteiger partial charge is 0.454 e. The maximum atomic E-state index is 12.6. The normalized spacial score (nSPS) is 15.4. The number of nitrogens with one attached hydrogen (secondary N) is 1. The van der Waals surface area contributed by atoms with Gasteiger partial charge in [0.2, 0.25) is 0 Å². The zero-order valence-electron chi connectivity index (χ0n) is 20.3. The molecule has 0 aromatic heterocycles. The summed E-state index contributed by atoms with van der Waals surface area (Å²) < 4.78 is 32.8. The first-order valence-electron chi connectivity index (χ1n) is 11.2. The van der Waals surface area contributed by atoms with E-state index in [2.05, 4.69) is 4.72 Å². The lowest BCUT2D eigenvalue weighted by molar-refractivity contribution is -0.117. The topological polar surface area (TPSA) is 92.8 Å². The van der Waals surface area contributed by atoms with Crippen LogP contribution in [0.1, 0.15) is 29.8 Å². The standard InChI is InChI=1S/C27H24Cl2N2O5S/c1-27(2)21-6-4-5-7-24(21)31(3)25(27)14-19(32)16-36-26(33)17-8-10-18(11-9-17)30-37(34,35)20-12-13-22(28)23(29)15-20/h4-15,30H,16H2,1-3H3. The van der Waals surface area contributed by atoms with Crippen molar-refractivity contribution in [3.8, 4) is 0 Å². The number of likely N-dealkylation sites (N-methyl/N-ethyl adjacent to an activating group) is 1. The van der Waals surface area contributed by atoms with Crippen LogP contribution in [0.3, 0.4) is 0 Å². The lowest BCUT2D eigenvalue weighted by Crippen LogP contribution is -2.25. The van der Waals surface area contributed by atoms with Crippen molar-refractivity contribution in [1.29, 1.82) is 0 Å². The van der Waals surface area contributed by atoms with Gasteiger partial charge in [0.1, 0.15) is 0 Å². The number of hydrogen-bond acceptors (Lipinski definition) is 6. The number of allylic oxidation sites excluding steroid dienone is 1. The summed E-state index contributed by atoms with van der Waals surface area (Å²) in [6.07, 6.45) is 1.51.